The summed E-state index contributed by atoms with van der Waals surface area (Å²) in [4.78, 5) is 0. The molecule has 3 heteroatoms. The monoisotopic (exact) mass is 192 g/mol. The van der Waals surface area contributed by atoms with E-state index in [1.807, 2.05) is 0 Å². The van der Waals surface area contributed by atoms with E-state index in [1.54, 1.807) is 24.3 Å². The fourth-order valence-electron chi connectivity index (χ4n) is 0.940. The molecule has 0 bridgehead atoms. The van der Waals surface area contributed by atoms with E-state index >= 15 is 0 Å². The van der Waals surface area contributed by atoms with Crippen LogP contribution in [0.25, 0.3) is 0 Å². The van der Waals surface area contributed by atoms with Gasteiger partial charge in [0.05, 0.1) is 6.61 Å². The molecular weight excluding hydrogens is 180 g/mol. The average molecular weight is 192 g/mol. The molecule has 0 unspecified atom stereocenters. The van der Waals surface area contributed by atoms with Crippen molar-refractivity contribution in [3.63, 3.8) is 0 Å². The highest BCUT2D eigenvalue weighted by atomic mass is 16.5. The summed E-state index contributed by atoms with van der Waals surface area (Å²) in [5, 5.41) is 17.0. The van der Waals surface area contributed by atoms with Crippen molar-refractivity contribution in [1.29, 1.82) is 0 Å². The van der Waals surface area contributed by atoms with Gasteiger partial charge in [0, 0.05) is 5.56 Å². The fourth-order valence-corrected chi connectivity index (χ4v) is 0.940. The molecular formula is C11H12O3. The topological polar surface area (TPSA) is 49.7 Å². The van der Waals surface area contributed by atoms with E-state index in [-0.39, 0.29) is 13.2 Å². The summed E-state index contributed by atoms with van der Waals surface area (Å²) in [7, 11) is 0. The molecule has 3 nitrogen and oxygen atoms in total. The number of benzene rings is 1. The second-order valence-corrected chi connectivity index (χ2v) is 2.56. The molecule has 1 rings (SSSR count). The first-order chi connectivity index (χ1) is 6.86. The second-order valence-electron chi connectivity index (χ2n) is 2.56. The van der Waals surface area contributed by atoms with E-state index in [0.29, 0.717) is 12.4 Å². The normalized spacial score (nSPS) is 9.00. The first-order valence-corrected chi connectivity index (χ1v) is 4.30. The summed E-state index contributed by atoms with van der Waals surface area (Å²) in [6.45, 7) is 0.163. The van der Waals surface area contributed by atoms with Crippen LogP contribution in [0.1, 0.15) is 5.56 Å². The lowest BCUT2D eigenvalue weighted by Crippen LogP contribution is -2.01. The van der Waals surface area contributed by atoms with Crippen molar-refractivity contribution in [2.75, 3.05) is 19.8 Å². The molecule has 0 atom stereocenters. The Morgan fingerprint density at radius 3 is 2.43 bits per heavy atom. The average Bonchev–Trinajstić information content (AvgIpc) is 2.25. The zero-order chi connectivity index (χ0) is 10.2. The van der Waals surface area contributed by atoms with Crippen molar-refractivity contribution in [3.8, 4) is 17.6 Å². The molecule has 0 amide bonds. The van der Waals surface area contributed by atoms with Crippen LogP contribution in [-0.4, -0.2) is 30.0 Å². The lowest BCUT2D eigenvalue weighted by molar-refractivity contribution is 0.201. The van der Waals surface area contributed by atoms with Crippen molar-refractivity contribution in [2.45, 2.75) is 0 Å². The maximum atomic E-state index is 8.52. The SMILES string of the molecule is OCC#Cc1ccc(OCCO)cc1. The van der Waals surface area contributed by atoms with Gasteiger partial charge in [-0.1, -0.05) is 11.8 Å². The molecule has 1 aromatic rings. The second kappa shape index (κ2) is 6.03. The molecule has 0 spiro atoms. The lowest BCUT2D eigenvalue weighted by atomic mass is 10.2. The summed E-state index contributed by atoms with van der Waals surface area (Å²) in [6.07, 6.45) is 0. The van der Waals surface area contributed by atoms with Crippen LogP contribution < -0.4 is 4.74 Å². The van der Waals surface area contributed by atoms with Crippen molar-refractivity contribution < 1.29 is 14.9 Å². The number of hydrogen-bond donors (Lipinski definition) is 2. The van der Waals surface area contributed by atoms with Gasteiger partial charge in [0.2, 0.25) is 0 Å². The van der Waals surface area contributed by atoms with E-state index in [1.165, 1.54) is 0 Å². The number of ether oxygens (including phenoxy) is 1. The third-order valence-corrected chi connectivity index (χ3v) is 1.53. The van der Waals surface area contributed by atoms with Gasteiger partial charge in [-0.2, -0.15) is 0 Å². The van der Waals surface area contributed by atoms with Crippen molar-refractivity contribution in [1.82, 2.24) is 0 Å². The minimum atomic E-state index is -0.136. The van der Waals surface area contributed by atoms with E-state index in [2.05, 4.69) is 11.8 Å². The quantitative estimate of drug-likeness (QED) is 0.682. The highest BCUT2D eigenvalue weighted by molar-refractivity contribution is 5.38. The van der Waals surface area contributed by atoms with Crippen molar-refractivity contribution in [3.05, 3.63) is 29.8 Å². The van der Waals surface area contributed by atoms with Crippen molar-refractivity contribution in [2.24, 2.45) is 0 Å². The smallest absolute Gasteiger partial charge is 0.119 e. The summed E-state index contributed by atoms with van der Waals surface area (Å²) in [5.74, 6) is 6.03. The van der Waals surface area contributed by atoms with Crippen LogP contribution in [0, 0.1) is 11.8 Å². The molecule has 74 valence electrons. The highest BCUT2D eigenvalue weighted by Crippen LogP contribution is 2.10. The van der Waals surface area contributed by atoms with Crippen LogP contribution in [0.15, 0.2) is 24.3 Å². The molecule has 0 saturated heterocycles. The summed E-state index contributed by atoms with van der Waals surface area (Å²) >= 11 is 0. The minimum absolute atomic E-state index is 0.00602. The standard InChI is InChI=1S/C11H12O3/c12-7-1-2-10-3-5-11(6-4-10)14-9-8-13/h3-6,12-13H,7-9H2. The van der Waals surface area contributed by atoms with Crippen LogP contribution in [0.5, 0.6) is 5.75 Å². The Morgan fingerprint density at radius 2 is 1.86 bits per heavy atom. The zero-order valence-corrected chi connectivity index (χ0v) is 7.73. The van der Waals surface area contributed by atoms with E-state index < -0.39 is 0 Å². The summed E-state index contributed by atoms with van der Waals surface area (Å²) < 4.78 is 5.17. The van der Waals surface area contributed by atoms with Crippen LogP contribution >= 0.6 is 0 Å². The lowest BCUT2D eigenvalue weighted by Gasteiger charge is -2.02. The van der Waals surface area contributed by atoms with Gasteiger partial charge in [-0.25, -0.2) is 0 Å². The van der Waals surface area contributed by atoms with E-state index in [9.17, 15) is 0 Å². The molecule has 0 radical (unpaired) electrons. The van der Waals surface area contributed by atoms with Gasteiger partial charge in [0.25, 0.3) is 0 Å². The first kappa shape index (κ1) is 10.6. The predicted octanol–water partition coefficient (Wildman–Crippen LogP) is 0.402. The number of aliphatic hydroxyl groups is 2. The van der Waals surface area contributed by atoms with Gasteiger partial charge >= 0.3 is 0 Å². The Morgan fingerprint density at radius 1 is 1.14 bits per heavy atom. The summed E-state index contributed by atoms with van der Waals surface area (Å²) in [5.41, 5.74) is 0.829. The maximum Gasteiger partial charge on any atom is 0.119 e. The predicted molar refractivity (Wildman–Crippen MR) is 53.0 cm³/mol. The Labute approximate surface area is 83.0 Å². The molecule has 0 fully saturated rings. The highest BCUT2D eigenvalue weighted by Gasteiger charge is 1.92. The van der Waals surface area contributed by atoms with Gasteiger partial charge in [0.1, 0.15) is 19.0 Å². The number of rotatable bonds is 3. The van der Waals surface area contributed by atoms with Gasteiger partial charge < -0.3 is 14.9 Å². The Kier molecular flexibility index (Phi) is 4.56. The molecule has 0 aliphatic carbocycles. The van der Waals surface area contributed by atoms with Crippen molar-refractivity contribution >= 4 is 0 Å². The maximum absolute atomic E-state index is 8.52. The molecule has 0 aliphatic heterocycles. The van der Waals surface area contributed by atoms with E-state index in [4.69, 9.17) is 14.9 Å². The molecule has 14 heavy (non-hydrogen) atoms. The van der Waals surface area contributed by atoms with Gasteiger partial charge in [-0.3, -0.25) is 0 Å². The zero-order valence-electron chi connectivity index (χ0n) is 7.73. The fraction of sp³-hybridized carbons (Fsp3) is 0.273. The molecule has 1 aromatic carbocycles. The Hall–Kier alpha value is -1.50. The van der Waals surface area contributed by atoms with Gasteiger partial charge in [-0.05, 0) is 24.3 Å². The van der Waals surface area contributed by atoms with Crippen LogP contribution in [0.3, 0.4) is 0 Å². The van der Waals surface area contributed by atoms with Crippen LogP contribution in [0.2, 0.25) is 0 Å². The van der Waals surface area contributed by atoms with Crippen LogP contribution in [0.4, 0.5) is 0 Å². The molecule has 0 heterocycles. The molecule has 0 aliphatic rings. The van der Waals surface area contributed by atoms with Gasteiger partial charge in [0.15, 0.2) is 0 Å². The third-order valence-electron chi connectivity index (χ3n) is 1.53. The third kappa shape index (κ3) is 3.48. The molecule has 0 aromatic heterocycles. The Bertz CT molecular complexity index is 319. The minimum Gasteiger partial charge on any atom is -0.491 e. The van der Waals surface area contributed by atoms with E-state index in [0.717, 1.165) is 5.56 Å². The van der Waals surface area contributed by atoms with Crippen LogP contribution in [-0.2, 0) is 0 Å². The Balaban J connectivity index is 2.59. The first-order valence-electron chi connectivity index (χ1n) is 4.30. The number of aliphatic hydroxyl groups excluding tert-OH is 2. The number of hydrogen-bond acceptors (Lipinski definition) is 3. The molecule has 0 saturated carbocycles. The summed E-state index contributed by atoms with van der Waals surface area (Å²) in [6, 6.07) is 7.15. The molecule has 2 N–H and O–H groups in total. The largest absolute Gasteiger partial charge is 0.491 e. The van der Waals surface area contributed by atoms with Gasteiger partial charge in [-0.15, -0.1) is 0 Å².